The number of methoxy groups -OCH3 is 1. The highest BCUT2D eigenvalue weighted by molar-refractivity contribution is 5.67. The van der Waals surface area contributed by atoms with Crippen molar-refractivity contribution in [3.63, 3.8) is 0 Å². The van der Waals surface area contributed by atoms with Crippen LogP contribution in [-0.4, -0.2) is 29.3 Å². The maximum atomic E-state index is 14.1. The summed E-state index contributed by atoms with van der Waals surface area (Å²) in [5.41, 5.74) is -0.979. The first-order valence-corrected chi connectivity index (χ1v) is 6.39. The van der Waals surface area contributed by atoms with Gasteiger partial charge >= 0.3 is 6.09 Å². The van der Waals surface area contributed by atoms with Crippen LogP contribution in [0, 0.1) is 5.82 Å². The van der Waals surface area contributed by atoms with Crippen LogP contribution in [0.25, 0.3) is 0 Å². The van der Waals surface area contributed by atoms with Crippen LogP contribution in [-0.2, 0) is 10.5 Å². The summed E-state index contributed by atoms with van der Waals surface area (Å²) in [5, 5.41) is 9.46. The molecule has 0 bridgehead atoms. The third-order valence-electron chi connectivity index (χ3n) is 3.62. The average molecular weight is 267 g/mol. The summed E-state index contributed by atoms with van der Waals surface area (Å²) in [6.45, 7) is 1.80. The third kappa shape index (κ3) is 2.30. The normalized spacial score (nSPS) is 17.8. The average Bonchev–Trinajstić information content (AvgIpc) is 3.20. The molecule has 1 N–H and O–H groups in total. The first kappa shape index (κ1) is 13.8. The Morgan fingerprint density at radius 3 is 2.58 bits per heavy atom. The van der Waals surface area contributed by atoms with Crippen LogP contribution < -0.4 is 0 Å². The number of benzene rings is 1. The molecule has 1 fully saturated rings. The molecule has 0 aliphatic heterocycles. The van der Waals surface area contributed by atoms with Gasteiger partial charge in [0, 0.05) is 18.7 Å². The fourth-order valence-corrected chi connectivity index (χ4v) is 2.56. The van der Waals surface area contributed by atoms with Gasteiger partial charge in [0.1, 0.15) is 5.82 Å². The van der Waals surface area contributed by atoms with Gasteiger partial charge in [-0.25, -0.2) is 9.18 Å². The zero-order valence-corrected chi connectivity index (χ0v) is 11.1. The smallest absolute Gasteiger partial charge is 0.410 e. The quantitative estimate of drug-likeness (QED) is 0.833. The summed E-state index contributed by atoms with van der Waals surface area (Å²) < 4.78 is 19.6. The number of hydrogen-bond donors (Lipinski definition) is 1. The molecule has 104 valence electrons. The molecule has 0 radical (unpaired) electrons. The molecule has 0 aromatic heterocycles. The lowest BCUT2D eigenvalue weighted by atomic mass is 9.97. The number of carbonyl (C=O) groups is 1. The van der Waals surface area contributed by atoms with Gasteiger partial charge in [0.05, 0.1) is 0 Å². The minimum atomic E-state index is -1.25. The fourth-order valence-electron chi connectivity index (χ4n) is 2.56. The van der Waals surface area contributed by atoms with Crippen LogP contribution in [0.3, 0.4) is 0 Å². The molecule has 0 saturated heterocycles. The Morgan fingerprint density at radius 2 is 2.16 bits per heavy atom. The van der Waals surface area contributed by atoms with E-state index in [1.165, 1.54) is 18.1 Å². The molecule has 4 nitrogen and oxygen atoms in total. The number of ether oxygens (including phenoxy) is 1. The van der Waals surface area contributed by atoms with Crippen LogP contribution >= 0.6 is 0 Å². The van der Waals surface area contributed by atoms with Crippen molar-refractivity contribution in [3.8, 4) is 0 Å². The number of carboxylic acid groups (broad SMARTS) is 1. The van der Waals surface area contributed by atoms with E-state index in [-0.39, 0.29) is 11.6 Å². The van der Waals surface area contributed by atoms with Crippen LogP contribution in [0.1, 0.15) is 31.7 Å². The zero-order valence-electron chi connectivity index (χ0n) is 11.1. The third-order valence-corrected chi connectivity index (χ3v) is 3.62. The van der Waals surface area contributed by atoms with E-state index in [2.05, 4.69) is 0 Å². The monoisotopic (exact) mass is 267 g/mol. The molecule has 5 heteroatoms. The summed E-state index contributed by atoms with van der Waals surface area (Å²) in [6, 6.07) is 6.09. The van der Waals surface area contributed by atoms with Gasteiger partial charge in [-0.05, 0) is 25.3 Å². The van der Waals surface area contributed by atoms with Crippen molar-refractivity contribution < 1.29 is 19.0 Å². The van der Waals surface area contributed by atoms with Gasteiger partial charge in [-0.2, -0.15) is 0 Å². The zero-order chi connectivity index (χ0) is 14.0. The predicted molar refractivity (Wildman–Crippen MR) is 68.3 cm³/mol. The number of rotatable bonds is 5. The molecular formula is C14H18FNO3. The molecule has 19 heavy (non-hydrogen) atoms. The van der Waals surface area contributed by atoms with Gasteiger partial charge in [-0.3, -0.25) is 4.90 Å². The summed E-state index contributed by atoms with van der Waals surface area (Å²) in [7, 11) is 1.42. The molecule has 0 unspecified atom stereocenters. The van der Waals surface area contributed by atoms with Crippen LogP contribution in [0.15, 0.2) is 24.3 Å². The lowest BCUT2D eigenvalue weighted by molar-refractivity contribution is -0.136. The second-order valence-electron chi connectivity index (χ2n) is 4.71. The Morgan fingerprint density at radius 1 is 1.53 bits per heavy atom. The minimum Gasteiger partial charge on any atom is -0.465 e. The van der Waals surface area contributed by atoms with Gasteiger partial charge < -0.3 is 9.84 Å². The molecule has 1 aromatic rings. The standard InChI is InChI=1S/C14H18FNO3/c1-3-14(19-2,11-6-4-5-7-12(11)15)16(13(17)18)10-8-9-10/h4-7,10H,3,8-9H2,1-2H3,(H,17,18)/t14-/m1/s1. The van der Waals surface area contributed by atoms with E-state index in [0.29, 0.717) is 6.42 Å². The SMILES string of the molecule is CC[C@@](OC)(c1ccccc1F)N(C(=O)O)C1CC1. The van der Waals surface area contributed by atoms with Gasteiger partial charge in [0.2, 0.25) is 0 Å². The summed E-state index contributed by atoms with van der Waals surface area (Å²) in [5.74, 6) is -0.446. The molecule has 1 aliphatic carbocycles. The van der Waals surface area contributed by atoms with Crippen molar-refractivity contribution in [1.82, 2.24) is 4.90 Å². The van der Waals surface area contributed by atoms with Crippen LogP contribution in [0.2, 0.25) is 0 Å². The van der Waals surface area contributed by atoms with Crippen molar-refractivity contribution in [2.24, 2.45) is 0 Å². The Balaban J connectivity index is 2.53. The largest absolute Gasteiger partial charge is 0.465 e. The van der Waals surface area contributed by atoms with E-state index < -0.39 is 17.6 Å². The Kier molecular flexibility index (Phi) is 3.75. The summed E-state index contributed by atoms with van der Waals surface area (Å²) in [6.07, 6.45) is 0.875. The predicted octanol–water partition coefficient (Wildman–Crippen LogP) is 3.18. The van der Waals surface area contributed by atoms with E-state index in [0.717, 1.165) is 12.8 Å². The molecule has 1 atom stereocenters. The van der Waals surface area contributed by atoms with Gasteiger partial charge in [-0.15, -0.1) is 0 Å². The molecule has 1 saturated carbocycles. The summed E-state index contributed by atoms with van der Waals surface area (Å²) in [4.78, 5) is 12.8. The highest BCUT2D eigenvalue weighted by atomic mass is 19.1. The van der Waals surface area contributed by atoms with Crippen molar-refractivity contribution in [2.75, 3.05) is 7.11 Å². The minimum absolute atomic E-state index is 0.0861. The van der Waals surface area contributed by atoms with E-state index in [1.54, 1.807) is 25.1 Å². The lowest BCUT2D eigenvalue weighted by Crippen LogP contribution is -2.51. The number of halogens is 1. The van der Waals surface area contributed by atoms with E-state index >= 15 is 0 Å². The number of nitrogens with zero attached hydrogens (tertiary/aromatic N) is 1. The fraction of sp³-hybridized carbons (Fsp3) is 0.500. The molecule has 0 heterocycles. The Labute approximate surface area is 111 Å². The van der Waals surface area contributed by atoms with Crippen molar-refractivity contribution in [2.45, 2.75) is 38.0 Å². The highest BCUT2D eigenvalue weighted by Gasteiger charge is 2.49. The van der Waals surface area contributed by atoms with Gasteiger partial charge in [0.25, 0.3) is 0 Å². The van der Waals surface area contributed by atoms with Gasteiger partial charge in [0.15, 0.2) is 5.72 Å². The maximum Gasteiger partial charge on any atom is 0.410 e. The Hall–Kier alpha value is -1.62. The van der Waals surface area contributed by atoms with E-state index in [4.69, 9.17) is 4.74 Å². The second kappa shape index (κ2) is 5.17. The maximum absolute atomic E-state index is 14.1. The molecule has 1 aliphatic rings. The molecular weight excluding hydrogens is 249 g/mol. The van der Waals surface area contributed by atoms with Gasteiger partial charge in [-0.1, -0.05) is 25.1 Å². The van der Waals surface area contributed by atoms with Crippen molar-refractivity contribution in [1.29, 1.82) is 0 Å². The van der Waals surface area contributed by atoms with E-state index in [1.807, 2.05) is 0 Å². The molecule has 2 rings (SSSR count). The number of hydrogen-bond acceptors (Lipinski definition) is 2. The van der Waals surface area contributed by atoms with E-state index in [9.17, 15) is 14.3 Å². The second-order valence-corrected chi connectivity index (χ2v) is 4.71. The Bertz CT molecular complexity index is 470. The number of amides is 1. The van der Waals surface area contributed by atoms with Crippen LogP contribution in [0.4, 0.5) is 9.18 Å². The lowest BCUT2D eigenvalue weighted by Gasteiger charge is -2.41. The first-order chi connectivity index (χ1) is 9.06. The first-order valence-electron chi connectivity index (χ1n) is 6.39. The summed E-state index contributed by atoms with van der Waals surface area (Å²) >= 11 is 0. The molecule has 1 amide bonds. The topological polar surface area (TPSA) is 49.8 Å². The molecule has 1 aromatic carbocycles. The molecule has 0 spiro atoms. The van der Waals surface area contributed by atoms with Crippen molar-refractivity contribution in [3.05, 3.63) is 35.6 Å². The van der Waals surface area contributed by atoms with Crippen molar-refractivity contribution >= 4 is 6.09 Å². The highest BCUT2D eigenvalue weighted by Crippen LogP contribution is 2.42. The van der Waals surface area contributed by atoms with Crippen LogP contribution in [0.5, 0.6) is 0 Å².